The first kappa shape index (κ1) is 50.7. The van der Waals surface area contributed by atoms with E-state index in [4.69, 9.17) is 18.9 Å². The molecular weight excluding hydrogens is 700 g/mol. The third-order valence-corrected chi connectivity index (χ3v) is 9.70. The number of aliphatic hydroxyl groups is 4. The molecule has 0 aromatic rings. The highest BCUT2D eigenvalue weighted by molar-refractivity contribution is 5.70. The van der Waals surface area contributed by atoms with E-state index in [1.54, 1.807) is 0 Å². The molecule has 0 aromatic carbocycles. The highest BCUT2D eigenvalue weighted by Gasteiger charge is 2.44. The Morgan fingerprint density at radius 3 is 1.67 bits per heavy atom. The lowest BCUT2D eigenvalue weighted by Crippen LogP contribution is -2.59. The number of unbranched alkanes of at least 4 members (excludes halogenated alkanes) is 16. The summed E-state index contributed by atoms with van der Waals surface area (Å²) >= 11 is 0. The van der Waals surface area contributed by atoms with Gasteiger partial charge in [-0.3, -0.25) is 9.59 Å². The first-order valence-electron chi connectivity index (χ1n) is 21.7. The zero-order valence-electron chi connectivity index (χ0n) is 34.4. The third kappa shape index (κ3) is 27.8. The lowest BCUT2D eigenvalue weighted by molar-refractivity contribution is -0.305. The van der Waals surface area contributed by atoms with Crippen molar-refractivity contribution >= 4 is 11.9 Å². The number of aliphatic hydroxyl groups excluding tert-OH is 4. The van der Waals surface area contributed by atoms with Gasteiger partial charge in [-0.15, -0.1) is 0 Å². The summed E-state index contributed by atoms with van der Waals surface area (Å²) in [5.74, 6) is -0.854. The molecule has 2 unspecified atom stereocenters. The lowest BCUT2D eigenvalue weighted by atomic mass is 9.99. The topological polar surface area (TPSA) is 152 Å². The second-order valence-corrected chi connectivity index (χ2v) is 14.8. The number of rotatable bonds is 35. The maximum absolute atomic E-state index is 12.7. The molecule has 0 spiro atoms. The van der Waals surface area contributed by atoms with E-state index in [1.165, 1.54) is 57.8 Å². The van der Waals surface area contributed by atoms with E-state index < -0.39 is 55.4 Å². The summed E-state index contributed by atoms with van der Waals surface area (Å²) in [4.78, 5) is 25.3. The Morgan fingerprint density at radius 1 is 0.582 bits per heavy atom. The molecular formula is C45H78O10. The van der Waals surface area contributed by atoms with Crippen LogP contribution in [0.15, 0.2) is 48.6 Å². The van der Waals surface area contributed by atoms with Gasteiger partial charge in [-0.05, 0) is 70.6 Å². The molecule has 10 nitrogen and oxygen atoms in total. The minimum atomic E-state index is -1.60. The van der Waals surface area contributed by atoms with Crippen LogP contribution in [0.1, 0.15) is 168 Å². The number of hydrogen-bond acceptors (Lipinski definition) is 10. The summed E-state index contributed by atoms with van der Waals surface area (Å²) in [6.07, 6.45) is 34.0. The highest BCUT2D eigenvalue weighted by atomic mass is 16.7. The van der Waals surface area contributed by atoms with Crippen LogP contribution >= 0.6 is 0 Å². The first-order chi connectivity index (χ1) is 26.8. The van der Waals surface area contributed by atoms with Crippen LogP contribution in [0.2, 0.25) is 0 Å². The molecule has 1 fully saturated rings. The fourth-order valence-corrected chi connectivity index (χ4v) is 6.25. The maximum Gasteiger partial charge on any atom is 0.306 e. The van der Waals surface area contributed by atoms with E-state index in [9.17, 15) is 30.0 Å². The smallest absolute Gasteiger partial charge is 0.306 e. The van der Waals surface area contributed by atoms with Gasteiger partial charge in [0.25, 0.3) is 0 Å². The van der Waals surface area contributed by atoms with E-state index in [-0.39, 0.29) is 26.1 Å². The molecule has 1 aliphatic heterocycles. The number of esters is 2. The molecule has 0 bridgehead atoms. The van der Waals surface area contributed by atoms with Crippen LogP contribution in [0.25, 0.3) is 0 Å². The molecule has 0 amide bonds. The van der Waals surface area contributed by atoms with Crippen molar-refractivity contribution in [1.29, 1.82) is 0 Å². The predicted octanol–water partition coefficient (Wildman–Crippen LogP) is 8.88. The molecule has 6 atom stereocenters. The molecule has 1 heterocycles. The number of ether oxygens (including phenoxy) is 4. The monoisotopic (exact) mass is 779 g/mol. The number of carbonyl (C=O) groups excluding carboxylic acids is 2. The fraction of sp³-hybridized carbons (Fsp3) is 0.778. The Balaban J connectivity index is 2.38. The molecule has 0 radical (unpaired) electrons. The highest BCUT2D eigenvalue weighted by Crippen LogP contribution is 2.22. The van der Waals surface area contributed by atoms with Gasteiger partial charge in [0, 0.05) is 12.8 Å². The molecule has 0 aromatic heterocycles. The molecule has 0 saturated carbocycles. The number of allylic oxidation sites excluding steroid dienone is 8. The molecule has 318 valence electrons. The zero-order valence-corrected chi connectivity index (χ0v) is 34.4. The van der Waals surface area contributed by atoms with E-state index in [1.807, 2.05) is 0 Å². The minimum Gasteiger partial charge on any atom is -0.462 e. The summed E-state index contributed by atoms with van der Waals surface area (Å²) in [7, 11) is 0. The van der Waals surface area contributed by atoms with Crippen LogP contribution in [-0.2, 0) is 28.5 Å². The van der Waals surface area contributed by atoms with Crippen LogP contribution < -0.4 is 0 Å². The SMILES string of the molecule is CC/C=C/C/C=C/C/C=C/CCCCCCCC(=O)OC[C@@H](CO[C@H]1O[C@@H](CO)[C@@H](O)C(O)C1O)OC(=O)CCCC/C=C/CCCCCCCCCCC. The normalized spacial score (nSPS) is 21.0. The summed E-state index contributed by atoms with van der Waals surface area (Å²) in [5, 5.41) is 40.0. The van der Waals surface area contributed by atoms with Crippen LogP contribution in [0.3, 0.4) is 0 Å². The second-order valence-electron chi connectivity index (χ2n) is 14.8. The summed E-state index contributed by atoms with van der Waals surface area (Å²) in [6.45, 7) is 3.26. The molecule has 4 N–H and O–H groups in total. The van der Waals surface area contributed by atoms with Gasteiger partial charge in [0.1, 0.15) is 31.0 Å². The van der Waals surface area contributed by atoms with Crippen LogP contribution in [0.4, 0.5) is 0 Å². The van der Waals surface area contributed by atoms with E-state index in [0.29, 0.717) is 12.8 Å². The Kier molecular flexibility index (Phi) is 33.2. The number of hydrogen-bond donors (Lipinski definition) is 4. The van der Waals surface area contributed by atoms with Crippen molar-refractivity contribution in [2.45, 2.75) is 205 Å². The Morgan fingerprint density at radius 2 is 1.07 bits per heavy atom. The van der Waals surface area contributed by atoms with Crippen molar-refractivity contribution in [3.63, 3.8) is 0 Å². The van der Waals surface area contributed by atoms with Crippen molar-refractivity contribution in [3.05, 3.63) is 48.6 Å². The van der Waals surface area contributed by atoms with E-state index in [2.05, 4.69) is 62.5 Å². The van der Waals surface area contributed by atoms with Crippen molar-refractivity contribution in [3.8, 4) is 0 Å². The minimum absolute atomic E-state index is 0.195. The van der Waals surface area contributed by atoms with Crippen molar-refractivity contribution in [2.75, 3.05) is 19.8 Å². The molecule has 1 rings (SSSR count). The van der Waals surface area contributed by atoms with Gasteiger partial charge in [0.15, 0.2) is 12.4 Å². The molecule has 0 aliphatic carbocycles. The molecule has 10 heteroatoms. The average Bonchev–Trinajstić information content (AvgIpc) is 3.18. The second kappa shape index (κ2) is 36.0. The lowest BCUT2D eigenvalue weighted by Gasteiger charge is -2.39. The quantitative estimate of drug-likeness (QED) is 0.0279. The molecule has 1 aliphatic rings. The van der Waals surface area contributed by atoms with E-state index >= 15 is 0 Å². The summed E-state index contributed by atoms with van der Waals surface area (Å²) in [5.41, 5.74) is 0. The van der Waals surface area contributed by atoms with Gasteiger partial charge in [0.2, 0.25) is 0 Å². The van der Waals surface area contributed by atoms with Gasteiger partial charge >= 0.3 is 11.9 Å². The Bertz CT molecular complexity index is 1040. The van der Waals surface area contributed by atoms with Crippen LogP contribution in [0.5, 0.6) is 0 Å². The summed E-state index contributed by atoms with van der Waals surface area (Å²) < 4.78 is 22.1. The standard InChI is InChI=1S/C45H78O10/c1-3-5-7-9-11-13-15-17-19-21-23-25-27-29-31-33-40(47)52-36-38(37-53-45-44(51)43(50)42(49)39(35-46)55-45)54-41(48)34-32-30-28-26-24-22-20-18-16-14-12-10-8-6-4-2/h5,7,11,13,17,19,24,26,38-39,42-46,49-51H,3-4,6,8-10,12,14-16,18,20-23,25,27-37H2,1-2H3/b7-5+,13-11+,19-17+,26-24+/t38-,39-,42+,43?,44?,45-/m0/s1. The Hall–Kier alpha value is -2.34. The van der Waals surface area contributed by atoms with Crippen LogP contribution in [-0.4, -0.2) is 89.0 Å². The van der Waals surface area contributed by atoms with Crippen molar-refractivity contribution in [2.24, 2.45) is 0 Å². The van der Waals surface area contributed by atoms with Gasteiger partial charge in [-0.2, -0.15) is 0 Å². The van der Waals surface area contributed by atoms with Gasteiger partial charge in [0.05, 0.1) is 13.2 Å². The van der Waals surface area contributed by atoms with Gasteiger partial charge < -0.3 is 39.4 Å². The molecule has 1 saturated heterocycles. The van der Waals surface area contributed by atoms with Gasteiger partial charge in [-0.25, -0.2) is 0 Å². The maximum atomic E-state index is 12.7. The van der Waals surface area contributed by atoms with Crippen molar-refractivity contribution in [1.82, 2.24) is 0 Å². The first-order valence-corrected chi connectivity index (χ1v) is 21.7. The van der Waals surface area contributed by atoms with Crippen LogP contribution in [0, 0.1) is 0 Å². The van der Waals surface area contributed by atoms with Gasteiger partial charge in [-0.1, -0.05) is 133 Å². The van der Waals surface area contributed by atoms with Crippen molar-refractivity contribution < 1.29 is 49.0 Å². The average molecular weight is 779 g/mol. The predicted molar refractivity (Wildman–Crippen MR) is 219 cm³/mol. The third-order valence-electron chi connectivity index (χ3n) is 9.70. The van der Waals surface area contributed by atoms with E-state index in [0.717, 1.165) is 70.6 Å². The fourth-order valence-electron chi connectivity index (χ4n) is 6.25. The zero-order chi connectivity index (χ0) is 40.2. The largest absolute Gasteiger partial charge is 0.462 e. The Labute approximate surface area is 333 Å². The summed E-state index contributed by atoms with van der Waals surface area (Å²) in [6, 6.07) is 0. The molecule has 55 heavy (non-hydrogen) atoms. The number of carbonyl (C=O) groups is 2.